The van der Waals surface area contributed by atoms with Gasteiger partial charge in [0.2, 0.25) is 0 Å². The third-order valence-corrected chi connectivity index (χ3v) is 0.988. The lowest BCUT2D eigenvalue weighted by molar-refractivity contribution is -0.137. The summed E-state index contributed by atoms with van der Waals surface area (Å²) in [4.78, 5) is 10.6. The quantitative estimate of drug-likeness (QED) is 0.413. The summed E-state index contributed by atoms with van der Waals surface area (Å²) in [7, 11) is 0. The Hall–Kier alpha value is -0.790. The van der Waals surface area contributed by atoms with E-state index in [0.29, 0.717) is 5.57 Å². The summed E-state index contributed by atoms with van der Waals surface area (Å²) in [5.74, 6) is -0.285. The number of carbonyl (C=O) groups is 1. The molecular weight excluding hydrogens is 116 g/mol. The van der Waals surface area contributed by atoms with Crippen molar-refractivity contribution in [3.63, 3.8) is 0 Å². The van der Waals surface area contributed by atoms with Crippen LogP contribution >= 0.6 is 0 Å². The van der Waals surface area contributed by atoms with Crippen LogP contribution in [0.25, 0.3) is 0 Å². The van der Waals surface area contributed by atoms with Crippen LogP contribution in [-0.2, 0) is 9.53 Å². The molecule has 1 radical (unpaired) electrons. The van der Waals surface area contributed by atoms with E-state index >= 15 is 0 Å². The predicted octanol–water partition coefficient (Wildman–Crippen LogP) is 1.33. The first-order valence-electron chi connectivity index (χ1n) is 2.81. The highest BCUT2D eigenvalue weighted by Crippen LogP contribution is 1.94. The minimum Gasteiger partial charge on any atom is -0.462 e. The van der Waals surface area contributed by atoms with Gasteiger partial charge in [-0.05, 0) is 20.8 Å². The van der Waals surface area contributed by atoms with Crippen LogP contribution in [0, 0.1) is 6.92 Å². The van der Waals surface area contributed by atoms with Crippen molar-refractivity contribution in [1.29, 1.82) is 0 Å². The molecule has 0 aliphatic rings. The van der Waals surface area contributed by atoms with E-state index in [0.717, 1.165) is 0 Å². The summed E-state index contributed by atoms with van der Waals surface area (Å²) >= 11 is 0. The molecule has 0 spiro atoms. The topological polar surface area (TPSA) is 26.3 Å². The Bertz CT molecular complexity index is 125. The highest BCUT2D eigenvalue weighted by molar-refractivity contribution is 5.87. The number of rotatable bonds is 2. The first kappa shape index (κ1) is 8.21. The largest absolute Gasteiger partial charge is 0.462 e. The number of ether oxygens (including phenoxy) is 1. The Morgan fingerprint density at radius 3 is 2.67 bits per heavy atom. The molecule has 0 bridgehead atoms. The number of esters is 1. The number of carbonyl (C=O) groups excluding carboxylic acids is 1. The Labute approximate surface area is 55.5 Å². The second-order valence-electron chi connectivity index (χ2n) is 1.61. The molecule has 51 valence electrons. The molecule has 2 heteroatoms. The average molecular weight is 127 g/mol. The molecule has 0 aliphatic heterocycles. The van der Waals surface area contributed by atoms with Crippen molar-refractivity contribution in [3.05, 3.63) is 18.6 Å². The lowest BCUT2D eigenvalue weighted by Gasteiger charge is -1.98. The fraction of sp³-hybridized carbons (Fsp3) is 0.429. The van der Waals surface area contributed by atoms with Gasteiger partial charge in [-0.25, -0.2) is 4.79 Å². The third-order valence-electron chi connectivity index (χ3n) is 0.988. The first-order valence-corrected chi connectivity index (χ1v) is 2.81. The molecular formula is C7H11O2. The molecule has 0 saturated carbocycles. The van der Waals surface area contributed by atoms with Gasteiger partial charge in [0.15, 0.2) is 0 Å². The standard InChI is InChI=1S/C7H11O2/c1-4-6(3)7(8)9-5-2/h4H,2,5H2,1,3H3. The van der Waals surface area contributed by atoms with Gasteiger partial charge >= 0.3 is 5.97 Å². The molecule has 0 unspecified atom stereocenters. The summed E-state index contributed by atoms with van der Waals surface area (Å²) in [5.41, 5.74) is 0.624. The van der Waals surface area contributed by atoms with Crippen LogP contribution in [0.15, 0.2) is 11.6 Å². The van der Waals surface area contributed by atoms with E-state index in [1.165, 1.54) is 0 Å². The number of hydrogen-bond donors (Lipinski definition) is 0. The first-order chi connectivity index (χ1) is 4.22. The molecule has 0 aromatic rings. The van der Waals surface area contributed by atoms with Gasteiger partial charge in [0.25, 0.3) is 0 Å². The van der Waals surface area contributed by atoms with Gasteiger partial charge in [0.05, 0.1) is 6.61 Å². The van der Waals surface area contributed by atoms with E-state index in [1.807, 2.05) is 0 Å². The number of allylic oxidation sites excluding steroid dienone is 1. The van der Waals surface area contributed by atoms with E-state index in [1.54, 1.807) is 19.9 Å². The Morgan fingerprint density at radius 1 is 1.78 bits per heavy atom. The summed E-state index contributed by atoms with van der Waals surface area (Å²) in [5, 5.41) is 0. The Balaban J connectivity index is 3.74. The maximum absolute atomic E-state index is 10.6. The van der Waals surface area contributed by atoms with Crippen LogP contribution in [0.4, 0.5) is 0 Å². The van der Waals surface area contributed by atoms with E-state index < -0.39 is 0 Å². The van der Waals surface area contributed by atoms with E-state index in [9.17, 15) is 4.79 Å². The van der Waals surface area contributed by atoms with Gasteiger partial charge in [-0.2, -0.15) is 0 Å². The second-order valence-corrected chi connectivity index (χ2v) is 1.61. The van der Waals surface area contributed by atoms with Crippen molar-refractivity contribution in [1.82, 2.24) is 0 Å². The monoisotopic (exact) mass is 127 g/mol. The molecule has 0 aliphatic carbocycles. The maximum Gasteiger partial charge on any atom is 0.333 e. The zero-order valence-electron chi connectivity index (χ0n) is 5.81. The van der Waals surface area contributed by atoms with Crippen molar-refractivity contribution < 1.29 is 9.53 Å². The minimum absolute atomic E-state index is 0.198. The van der Waals surface area contributed by atoms with Gasteiger partial charge in [-0.1, -0.05) is 6.08 Å². The van der Waals surface area contributed by atoms with E-state index in [4.69, 9.17) is 0 Å². The highest BCUT2D eigenvalue weighted by atomic mass is 16.5. The molecule has 9 heavy (non-hydrogen) atoms. The van der Waals surface area contributed by atoms with Crippen molar-refractivity contribution in [2.24, 2.45) is 0 Å². The van der Waals surface area contributed by atoms with Crippen molar-refractivity contribution in [2.75, 3.05) is 6.61 Å². The zero-order chi connectivity index (χ0) is 7.28. The van der Waals surface area contributed by atoms with E-state index in [-0.39, 0.29) is 12.6 Å². The van der Waals surface area contributed by atoms with Crippen molar-refractivity contribution >= 4 is 5.97 Å². The molecule has 0 saturated heterocycles. The normalized spacial score (nSPS) is 11.2. The molecule has 0 N–H and O–H groups in total. The van der Waals surface area contributed by atoms with Gasteiger partial charge in [-0.15, -0.1) is 0 Å². The average Bonchev–Trinajstić information content (AvgIpc) is 1.87. The smallest absolute Gasteiger partial charge is 0.333 e. The third kappa shape index (κ3) is 2.90. The molecule has 0 rings (SSSR count). The fourth-order valence-electron chi connectivity index (χ4n) is 0.324. The van der Waals surface area contributed by atoms with E-state index in [2.05, 4.69) is 11.7 Å². The number of hydrogen-bond acceptors (Lipinski definition) is 2. The van der Waals surface area contributed by atoms with Crippen molar-refractivity contribution in [2.45, 2.75) is 13.8 Å². The highest BCUT2D eigenvalue weighted by Gasteiger charge is 2.00. The SMILES string of the molecule is [CH2]COC(=O)C(C)=CC. The van der Waals surface area contributed by atoms with Gasteiger partial charge in [0.1, 0.15) is 0 Å². The van der Waals surface area contributed by atoms with Crippen LogP contribution in [0.1, 0.15) is 13.8 Å². The van der Waals surface area contributed by atoms with Gasteiger partial charge < -0.3 is 4.74 Å². The zero-order valence-corrected chi connectivity index (χ0v) is 5.81. The van der Waals surface area contributed by atoms with Gasteiger partial charge in [-0.3, -0.25) is 0 Å². The van der Waals surface area contributed by atoms with Crippen LogP contribution in [0.5, 0.6) is 0 Å². The van der Waals surface area contributed by atoms with Crippen LogP contribution in [0.2, 0.25) is 0 Å². The molecule has 0 amide bonds. The fourth-order valence-corrected chi connectivity index (χ4v) is 0.324. The molecule has 2 nitrogen and oxygen atoms in total. The molecule has 0 aromatic heterocycles. The van der Waals surface area contributed by atoms with Crippen LogP contribution < -0.4 is 0 Å². The van der Waals surface area contributed by atoms with Crippen LogP contribution in [0.3, 0.4) is 0 Å². The Kier molecular flexibility index (Phi) is 3.76. The van der Waals surface area contributed by atoms with Crippen LogP contribution in [-0.4, -0.2) is 12.6 Å². The van der Waals surface area contributed by atoms with Crippen molar-refractivity contribution in [3.8, 4) is 0 Å². The second kappa shape index (κ2) is 4.13. The predicted molar refractivity (Wildman–Crippen MR) is 35.7 cm³/mol. The molecule has 0 aromatic carbocycles. The lowest BCUT2D eigenvalue weighted by atomic mass is 10.3. The summed E-state index contributed by atoms with van der Waals surface area (Å²) in [6, 6.07) is 0. The minimum atomic E-state index is -0.285. The summed E-state index contributed by atoms with van der Waals surface area (Å²) in [6.45, 7) is 7.07. The lowest BCUT2D eigenvalue weighted by Crippen LogP contribution is -2.04. The summed E-state index contributed by atoms with van der Waals surface area (Å²) < 4.78 is 4.58. The molecule has 0 atom stereocenters. The van der Waals surface area contributed by atoms with Gasteiger partial charge in [0, 0.05) is 5.57 Å². The summed E-state index contributed by atoms with van der Waals surface area (Å²) in [6.07, 6.45) is 1.71. The maximum atomic E-state index is 10.6. The molecule has 0 heterocycles. The molecule has 0 fully saturated rings. The Morgan fingerprint density at radius 2 is 2.33 bits per heavy atom.